The average molecular weight is 476 g/mol. The molecule has 6 heteroatoms. The maximum atomic E-state index is 13.7. The van der Waals surface area contributed by atoms with Gasteiger partial charge in [-0.25, -0.2) is 0 Å². The molecule has 0 saturated carbocycles. The Morgan fingerprint density at radius 1 is 0.833 bits per heavy atom. The van der Waals surface area contributed by atoms with Crippen LogP contribution in [0.1, 0.15) is 45.7 Å². The molecule has 4 aromatic carbocycles. The molecule has 2 aliphatic heterocycles. The standard InChI is InChI=1S/C30H25N3O3/c1-19-17-25(31-21-11-3-2-4-12-21)22-13-5-6-16-26(22)33(19)27(34)18-32-29(35)23-14-7-9-20-10-8-15-24(28(20)23)30(32)36/h2-16,19,25,31H,17-18H2,1H3/t19-,25-/m0/s1. The largest absolute Gasteiger partial charge is 0.378 e. The highest BCUT2D eigenvalue weighted by molar-refractivity contribution is 6.26. The molecular formula is C30H25N3O3. The molecule has 0 fully saturated rings. The van der Waals surface area contributed by atoms with Crippen LogP contribution in [-0.4, -0.2) is 35.2 Å². The molecule has 0 aliphatic carbocycles. The van der Waals surface area contributed by atoms with E-state index in [1.165, 1.54) is 0 Å². The van der Waals surface area contributed by atoms with Crippen LogP contribution < -0.4 is 10.2 Å². The first-order valence-electron chi connectivity index (χ1n) is 12.1. The highest BCUT2D eigenvalue weighted by atomic mass is 16.2. The number of carbonyl (C=O) groups excluding carboxylic acids is 3. The van der Waals surface area contributed by atoms with Crippen molar-refractivity contribution in [1.29, 1.82) is 0 Å². The molecule has 1 N–H and O–H groups in total. The van der Waals surface area contributed by atoms with Gasteiger partial charge in [0.2, 0.25) is 5.91 Å². The molecule has 0 radical (unpaired) electrons. The summed E-state index contributed by atoms with van der Waals surface area (Å²) >= 11 is 0. The van der Waals surface area contributed by atoms with Gasteiger partial charge in [0.05, 0.1) is 6.04 Å². The molecule has 0 saturated heterocycles. The van der Waals surface area contributed by atoms with Crippen LogP contribution in [0, 0.1) is 0 Å². The molecule has 0 bridgehead atoms. The van der Waals surface area contributed by atoms with Crippen LogP contribution in [0.15, 0.2) is 91.0 Å². The van der Waals surface area contributed by atoms with Gasteiger partial charge in [-0.05, 0) is 54.6 Å². The summed E-state index contributed by atoms with van der Waals surface area (Å²) in [4.78, 5) is 43.2. The highest BCUT2D eigenvalue weighted by Crippen LogP contribution is 2.39. The van der Waals surface area contributed by atoms with E-state index in [-0.39, 0.29) is 24.5 Å². The average Bonchev–Trinajstić information content (AvgIpc) is 2.90. The third-order valence-electron chi connectivity index (χ3n) is 7.12. The Labute approximate surface area is 209 Å². The number of carbonyl (C=O) groups is 3. The smallest absolute Gasteiger partial charge is 0.261 e. The molecule has 2 atom stereocenters. The van der Waals surface area contributed by atoms with Gasteiger partial charge in [-0.2, -0.15) is 0 Å². The van der Waals surface area contributed by atoms with E-state index < -0.39 is 11.8 Å². The van der Waals surface area contributed by atoms with E-state index in [9.17, 15) is 14.4 Å². The first kappa shape index (κ1) is 22.0. The Morgan fingerprint density at radius 2 is 1.47 bits per heavy atom. The van der Waals surface area contributed by atoms with Gasteiger partial charge in [-0.3, -0.25) is 19.3 Å². The highest BCUT2D eigenvalue weighted by Gasteiger charge is 2.38. The van der Waals surface area contributed by atoms with Crippen LogP contribution >= 0.6 is 0 Å². The predicted molar refractivity (Wildman–Crippen MR) is 140 cm³/mol. The lowest BCUT2D eigenvalue weighted by atomic mass is 9.91. The summed E-state index contributed by atoms with van der Waals surface area (Å²) in [6, 6.07) is 28.5. The van der Waals surface area contributed by atoms with E-state index in [0.29, 0.717) is 22.9 Å². The molecule has 3 amide bonds. The predicted octanol–water partition coefficient (Wildman–Crippen LogP) is 5.41. The zero-order valence-electron chi connectivity index (χ0n) is 19.8. The van der Waals surface area contributed by atoms with Crippen LogP contribution in [-0.2, 0) is 4.79 Å². The normalized spacial score (nSPS) is 18.8. The number of amides is 3. The number of nitrogens with zero attached hydrogens (tertiary/aromatic N) is 2. The van der Waals surface area contributed by atoms with Crippen molar-refractivity contribution in [1.82, 2.24) is 4.90 Å². The van der Waals surface area contributed by atoms with Crippen molar-refractivity contribution in [3.8, 4) is 0 Å². The molecule has 6 rings (SSSR count). The molecule has 36 heavy (non-hydrogen) atoms. The number of nitrogens with one attached hydrogen (secondary N) is 1. The molecule has 0 aromatic heterocycles. The summed E-state index contributed by atoms with van der Waals surface area (Å²) < 4.78 is 0. The van der Waals surface area contributed by atoms with Gasteiger partial charge in [0, 0.05) is 33.9 Å². The molecule has 0 unspecified atom stereocenters. The lowest BCUT2D eigenvalue weighted by molar-refractivity contribution is -0.119. The first-order chi connectivity index (χ1) is 17.5. The molecule has 2 heterocycles. The molecule has 2 aliphatic rings. The van der Waals surface area contributed by atoms with Crippen molar-refractivity contribution >= 4 is 39.9 Å². The zero-order chi connectivity index (χ0) is 24.8. The van der Waals surface area contributed by atoms with Crippen LogP contribution in [0.5, 0.6) is 0 Å². The minimum Gasteiger partial charge on any atom is -0.378 e. The van der Waals surface area contributed by atoms with Gasteiger partial charge in [0.25, 0.3) is 11.8 Å². The van der Waals surface area contributed by atoms with Crippen molar-refractivity contribution in [2.75, 3.05) is 16.8 Å². The number of para-hydroxylation sites is 2. The van der Waals surface area contributed by atoms with Gasteiger partial charge in [0.1, 0.15) is 6.54 Å². The van der Waals surface area contributed by atoms with Crippen LogP contribution in [0.2, 0.25) is 0 Å². The topological polar surface area (TPSA) is 69.7 Å². The molecule has 6 nitrogen and oxygen atoms in total. The van der Waals surface area contributed by atoms with Crippen LogP contribution in [0.4, 0.5) is 11.4 Å². The van der Waals surface area contributed by atoms with E-state index in [4.69, 9.17) is 0 Å². The van der Waals surface area contributed by atoms with Gasteiger partial charge in [-0.15, -0.1) is 0 Å². The van der Waals surface area contributed by atoms with Gasteiger partial charge >= 0.3 is 0 Å². The maximum Gasteiger partial charge on any atom is 0.261 e. The van der Waals surface area contributed by atoms with Gasteiger partial charge in [0.15, 0.2) is 0 Å². The molecular weight excluding hydrogens is 450 g/mol. The quantitative estimate of drug-likeness (QED) is 0.401. The number of rotatable bonds is 4. The first-order valence-corrected chi connectivity index (χ1v) is 12.1. The summed E-state index contributed by atoms with van der Waals surface area (Å²) in [6.07, 6.45) is 0.696. The van der Waals surface area contributed by atoms with Crippen molar-refractivity contribution in [2.24, 2.45) is 0 Å². The van der Waals surface area contributed by atoms with Crippen molar-refractivity contribution in [3.63, 3.8) is 0 Å². The Balaban J connectivity index is 1.30. The third kappa shape index (κ3) is 3.53. The summed E-state index contributed by atoms with van der Waals surface area (Å²) in [7, 11) is 0. The fraction of sp³-hybridized carbons (Fsp3) is 0.167. The van der Waals surface area contributed by atoms with E-state index in [1.54, 1.807) is 29.2 Å². The molecule has 178 valence electrons. The Hall–Kier alpha value is -4.45. The van der Waals surface area contributed by atoms with Crippen LogP contribution in [0.25, 0.3) is 10.8 Å². The summed E-state index contributed by atoms with van der Waals surface area (Å²) in [5, 5.41) is 5.09. The second-order valence-electron chi connectivity index (χ2n) is 9.38. The lowest BCUT2D eigenvalue weighted by Gasteiger charge is -2.40. The van der Waals surface area contributed by atoms with Crippen molar-refractivity contribution in [3.05, 3.63) is 108 Å². The monoisotopic (exact) mass is 475 g/mol. The van der Waals surface area contributed by atoms with Crippen molar-refractivity contribution < 1.29 is 14.4 Å². The van der Waals surface area contributed by atoms with Gasteiger partial charge in [-0.1, -0.05) is 60.7 Å². The second-order valence-corrected chi connectivity index (χ2v) is 9.38. The van der Waals surface area contributed by atoms with E-state index >= 15 is 0 Å². The minimum atomic E-state index is -0.431. The summed E-state index contributed by atoms with van der Waals surface area (Å²) in [6.45, 7) is 1.70. The van der Waals surface area contributed by atoms with Gasteiger partial charge < -0.3 is 10.2 Å². The Morgan fingerprint density at radius 3 is 2.17 bits per heavy atom. The number of imide groups is 1. The summed E-state index contributed by atoms with van der Waals surface area (Å²) in [5.41, 5.74) is 3.74. The fourth-order valence-corrected chi connectivity index (χ4v) is 5.50. The minimum absolute atomic E-state index is 0.0328. The Kier molecular flexibility index (Phi) is 5.29. The number of fused-ring (bicyclic) bond motifs is 1. The number of benzene rings is 4. The fourth-order valence-electron chi connectivity index (χ4n) is 5.50. The molecule has 4 aromatic rings. The maximum absolute atomic E-state index is 13.7. The van der Waals surface area contributed by atoms with E-state index in [0.717, 1.165) is 27.2 Å². The van der Waals surface area contributed by atoms with E-state index in [1.807, 2.05) is 73.7 Å². The lowest BCUT2D eigenvalue weighted by Crippen LogP contribution is -2.51. The van der Waals surface area contributed by atoms with Crippen LogP contribution in [0.3, 0.4) is 0 Å². The number of hydrogen-bond acceptors (Lipinski definition) is 4. The van der Waals surface area contributed by atoms with E-state index in [2.05, 4.69) is 5.32 Å². The number of hydrogen-bond donors (Lipinski definition) is 1. The number of anilines is 2. The zero-order valence-corrected chi connectivity index (χ0v) is 19.8. The summed E-state index contributed by atoms with van der Waals surface area (Å²) in [5.74, 6) is -1.14. The van der Waals surface area contributed by atoms with Crippen molar-refractivity contribution in [2.45, 2.75) is 25.4 Å². The Bertz CT molecular complexity index is 1460. The second kappa shape index (κ2) is 8.64. The third-order valence-corrected chi connectivity index (χ3v) is 7.12. The molecule has 0 spiro atoms. The SMILES string of the molecule is C[C@H]1C[C@H](Nc2ccccc2)c2ccccc2N1C(=O)CN1C(=O)c2cccc3cccc(c23)C1=O.